The van der Waals surface area contributed by atoms with Gasteiger partial charge < -0.3 is 9.88 Å². The third kappa shape index (κ3) is 4.65. The van der Waals surface area contributed by atoms with E-state index in [1.807, 2.05) is 68.4 Å². The molecule has 1 aromatic heterocycles. The third-order valence-corrected chi connectivity index (χ3v) is 5.17. The molecule has 0 aliphatic heterocycles. The summed E-state index contributed by atoms with van der Waals surface area (Å²) in [6.45, 7) is 6.81. The molecule has 0 fully saturated rings. The van der Waals surface area contributed by atoms with Crippen LogP contribution in [0.3, 0.4) is 0 Å². The van der Waals surface area contributed by atoms with Crippen LogP contribution in [0.2, 0.25) is 0 Å². The molecule has 4 nitrogen and oxygen atoms in total. The van der Waals surface area contributed by atoms with Gasteiger partial charge in [-0.15, -0.1) is 0 Å². The predicted molar refractivity (Wildman–Crippen MR) is 120 cm³/mol. The highest BCUT2D eigenvalue weighted by Gasteiger charge is 2.22. The van der Waals surface area contributed by atoms with Gasteiger partial charge in [0, 0.05) is 24.0 Å². The number of nitrogens with zero attached hydrogens (tertiary/aromatic N) is 1. The fourth-order valence-electron chi connectivity index (χ4n) is 3.59. The third-order valence-electron chi connectivity index (χ3n) is 5.17. The van der Waals surface area contributed by atoms with Gasteiger partial charge in [0.05, 0.1) is 5.69 Å². The van der Waals surface area contributed by atoms with Crippen molar-refractivity contribution in [1.29, 1.82) is 0 Å². The Bertz CT molecular complexity index is 1050. The molecular weight excluding hydrogens is 360 g/mol. The summed E-state index contributed by atoms with van der Waals surface area (Å²) < 4.78 is 2.11. The van der Waals surface area contributed by atoms with Crippen LogP contribution in [0.4, 0.5) is 5.69 Å². The van der Waals surface area contributed by atoms with Gasteiger partial charge in [-0.25, -0.2) is 0 Å². The molecule has 29 heavy (non-hydrogen) atoms. The summed E-state index contributed by atoms with van der Waals surface area (Å²) >= 11 is 0. The Hall–Kier alpha value is -3.14. The molecule has 0 aliphatic carbocycles. The summed E-state index contributed by atoms with van der Waals surface area (Å²) in [5.41, 5.74) is 4.06. The molecule has 2 aromatic carbocycles. The molecule has 0 aliphatic rings. The fourth-order valence-corrected chi connectivity index (χ4v) is 3.59. The van der Waals surface area contributed by atoms with Crippen molar-refractivity contribution in [3.05, 3.63) is 87.7 Å². The van der Waals surface area contributed by atoms with Crippen molar-refractivity contribution in [2.75, 3.05) is 5.32 Å². The molecule has 1 amide bonds. The molecule has 1 N–H and O–H groups in total. The lowest BCUT2D eigenvalue weighted by molar-refractivity contribution is 0.102. The maximum Gasteiger partial charge on any atom is 0.261 e. The molecule has 150 valence electrons. The summed E-state index contributed by atoms with van der Waals surface area (Å²) in [4.78, 5) is 26.2. The monoisotopic (exact) mass is 388 g/mol. The number of unbranched alkanes of at least 4 members (excludes halogenated alkanes) is 2. The fraction of sp³-hybridized carbons (Fsp3) is 0.280. The van der Waals surface area contributed by atoms with E-state index in [1.165, 1.54) is 0 Å². The van der Waals surface area contributed by atoms with Crippen molar-refractivity contribution in [2.24, 2.45) is 0 Å². The number of pyridine rings is 1. The summed E-state index contributed by atoms with van der Waals surface area (Å²) in [7, 11) is 0. The van der Waals surface area contributed by atoms with E-state index in [4.69, 9.17) is 0 Å². The highest BCUT2D eigenvalue weighted by atomic mass is 16.2. The lowest BCUT2D eigenvalue weighted by atomic mass is 10.0. The number of nitrogens with one attached hydrogen (secondary N) is 1. The SMILES string of the molecule is CCCCCn1c(C)cc(=O)c(C(=O)Nc2ccccc2C)c1-c1ccccc1. The first kappa shape index (κ1) is 20.6. The van der Waals surface area contributed by atoms with Crippen molar-refractivity contribution >= 4 is 11.6 Å². The topological polar surface area (TPSA) is 51.1 Å². The molecular formula is C25H28N2O2. The van der Waals surface area contributed by atoms with Gasteiger partial charge in [0.1, 0.15) is 5.56 Å². The van der Waals surface area contributed by atoms with E-state index in [2.05, 4.69) is 16.8 Å². The molecule has 0 bridgehead atoms. The lowest BCUT2D eigenvalue weighted by Crippen LogP contribution is -2.27. The summed E-state index contributed by atoms with van der Waals surface area (Å²) in [6.07, 6.45) is 3.21. The highest BCUT2D eigenvalue weighted by molar-refractivity contribution is 6.08. The van der Waals surface area contributed by atoms with E-state index in [0.717, 1.165) is 42.6 Å². The number of hydrogen-bond donors (Lipinski definition) is 1. The van der Waals surface area contributed by atoms with E-state index in [-0.39, 0.29) is 16.9 Å². The number of anilines is 1. The number of amides is 1. The molecule has 0 atom stereocenters. The molecule has 0 spiro atoms. The molecule has 0 unspecified atom stereocenters. The van der Waals surface area contributed by atoms with Gasteiger partial charge in [-0.1, -0.05) is 68.3 Å². The van der Waals surface area contributed by atoms with Crippen molar-refractivity contribution < 1.29 is 4.79 Å². The van der Waals surface area contributed by atoms with Crippen LogP contribution in [0.15, 0.2) is 65.5 Å². The predicted octanol–water partition coefficient (Wildman–Crippen LogP) is 5.57. The number of carbonyl (C=O) groups is 1. The Balaban J connectivity index is 2.14. The first-order chi connectivity index (χ1) is 14.0. The largest absolute Gasteiger partial charge is 0.344 e. The molecule has 3 aromatic rings. The quantitative estimate of drug-likeness (QED) is 0.538. The van der Waals surface area contributed by atoms with Crippen LogP contribution in [0.5, 0.6) is 0 Å². The number of hydrogen-bond acceptors (Lipinski definition) is 2. The normalized spacial score (nSPS) is 10.7. The number of aromatic nitrogens is 1. The second kappa shape index (κ2) is 9.37. The van der Waals surface area contributed by atoms with Gasteiger partial charge in [0.15, 0.2) is 5.43 Å². The lowest BCUT2D eigenvalue weighted by Gasteiger charge is -2.20. The molecule has 0 saturated carbocycles. The standard InChI is InChI=1S/C25H28N2O2/c1-4-5-11-16-27-19(3)17-22(28)23(24(27)20-13-7-6-8-14-20)25(29)26-21-15-10-9-12-18(21)2/h6-10,12-15,17H,4-5,11,16H2,1-3H3,(H,26,29). The van der Waals surface area contributed by atoms with Crippen LogP contribution in [-0.4, -0.2) is 10.5 Å². The van der Waals surface area contributed by atoms with Crippen LogP contribution in [0.25, 0.3) is 11.3 Å². The number of rotatable bonds is 7. The average molecular weight is 389 g/mol. The van der Waals surface area contributed by atoms with E-state index < -0.39 is 0 Å². The van der Waals surface area contributed by atoms with Gasteiger partial charge in [-0.2, -0.15) is 0 Å². The maximum atomic E-state index is 13.3. The molecule has 4 heteroatoms. The zero-order valence-corrected chi connectivity index (χ0v) is 17.4. The minimum atomic E-state index is -0.368. The maximum absolute atomic E-state index is 13.3. The van der Waals surface area contributed by atoms with Crippen LogP contribution in [0.1, 0.15) is 47.8 Å². The Morgan fingerprint density at radius 3 is 2.34 bits per heavy atom. The summed E-state index contributed by atoms with van der Waals surface area (Å²) in [5, 5.41) is 2.94. The smallest absolute Gasteiger partial charge is 0.261 e. The molecule has 0 saturated heterocycles. The van der Waals surface area contributed by atoms with Crippen LogP contribution < -0.4 is 10.7 Å². The zero-order chi connectivity index (χ0) is 20.8. The number of aryl methyl sites for hydroxylation is 2. The van der Waals surface area contributed by atoms with E-state index in [0.29, 0.717) is 11.4 Å². The van der Waals surface area contributed by atoms with Gasteiger partial charge in [-0.05, 0) is 37.5 Å². The Morgan fingerprint density at radius 2 is 1.66 bits per heavy atom. The second-order valence-corrected chi connectivity index (χ2v) is 7.37. The first-order valence-electron chi connectivity index (χ1n) is 10.2. The van der Waals surface area contributed by atoms with Gasteiger partial charge >= 0.3 is 0 Å². The molecule has 0 radical (unpaired) electrons. The van der Waals surface area contributed by atoms with Crippen LogP contribution in [0, 0.1) is 13.8 Å². The number of benzene rings is 2. The number of para-hydroxylation sites is 1. The highest BCUT2D eigenvalue weighted by Crippen LogP contribution is 2.25. The zero-order valence-electron chi connectivity index (χ0n) is 17.4. The van der Waals surface area contributed by atoms with E-state index in [1.54, 1.807) is 6.07 Å². The van der Waals surface area contributed by atoms with Crippen molar-refractivity contribution in [2.45, 2.75) is 46.6 Å². The second-order valence-electron chi connectivity index (χ2n) is 7.37. The van der Waals surface area contributed by atoms with Crippen molar-refractivity contribution in [3.8, 4) is 11.3 Å². The Morgan fingerprint density at radius 1 is 0.966 bits per heavy atom. The van der Waals surface area contributed by atoms with Crippen LogP contribution >= 0.6 is 0 Å². The minimum Gasteiger partial charge on any atom is -0.344 e. The average Bonchev–Trinajstić information content (AvgIpc) is 2.71. The Labute approximate surface area is 172 Å². The van der Waals surface area contributed by atoms with E-state index in [9.17, 15) is 9.59 Å². The van der Waals surface area contributed by atoms with E-state index >= 15 is 0 Å². The Kier molecular flexibility index (Phi) is 6.65. The van der Waals surface area contributed by atoms with Crippen LogP contribution in [-0.2, 0) is 6.54 Å². The summed E-state index contributed by atoms with van der Waals surface area (Å²) in [5.74, 6) is -0.368. The number of carbonyl (C=O) groups excluding carboxylic acids is 1. The van der Waals surface area contributed by atoms with Gasteiger partial charge in [-0.3, -0.25) is 9.59 Å². The molecule has 3 rings (SSSR count). The van der Waals surface area contributed by atoms with Crippen molar-refractivity contribution in [1.82, 2.24) is 4.57 Å². The summed E-state index contributed by atoms with van der Waals surface area (Å²) in [6, 6.07) is 18.9. The first-order valence-corrected chi connectivity index (χ1v) is 10.2. The van der Waals surface area contributed by atoms with Gasteiger partial charge in [0.25, 0.3) is 5.91 Å². The van der Waals surface area contributed by atoms with Crippen molar-refractivity contribution in [3.63, 3.8) is 0 Å². The molecule has 1 heterocycles. The van der Waals surface area contributed by atoms with Gasteiger partial charge in [0.2, 0.25) is 0 Å². The minimum absolute atomic E-state index is 0.196.